The highest BCUT2D eigenvalue weighted by Crippen LogP contribution is 2.12. The molecule has 0 radical (unpaired) electrons. The largest absolute Gasteiger partial charge is 0.378 e. The Morgan fingerprint density at radius 1 is 1.38 bits per heavy atom. The molecule has 2 atom stereocenters. The Bertz CT molecular complexity index is 281. The normalized spacial score (nSPS) is 19.4. The fraction of sp³-hybridized carbons (Fsp3) is 0.938. The van der Waals surface area contributed by atoms with E-state index in [1.807, 2.05) is 0 Å². The first kappa shape index (κ1) is 20.7. The number of amides is 1. The Kier molecular flexibility index (Phi) is 11.1. The predicted octanol–water partition coefficient (Wildman–Crippen LogP) is 2.85. The van der Waals surface area contributed by atoms with Crippen molar-refractivity contribution in [1.29, 1.82) is 0 Å². The Morgan fingerprint density at radius 2 is 2.10 bits per heavy atom. The lowest BCUT2D eigenvalue weighted by Gasteiger charge is -2.28. The number of halogens is 1. The van der Waals surface area contributed by atoms with E-state index in [0.717, 1.165) is 38.9 Å². The molecule has 1 saturated heterocycles. The molecule has 4 nitrogen and oxygen atoms in total. The molecule has 1 heterocycles. The smallest absolute Gasteiger partial charge is 0.225 e. The van der Waals surface area contributed by atoms with Crippen molar-refractivity contribution in [2.75, 3.05) is 26.2 Å². The Balaban J connectivity index is 0.00000400. The van der Waals surface area contributed by atoms with Gasteiger partial charge in [0.25, 0.3) is 0 Å². The first-order chi connectivity index (χ1) is 9.54. The van der Waals surface area contributed by atoms with Gasteiger partial charge in [-0.25, -0.2) is 0 Å². The molecule has 21 heavy (non-hydrogen) atoms. The number of ether oxygens (including phenoxy) is 1. The molecule has 1 N–H and O–H groups in total. The van der Waals surface area contributed by atoms with E-state index in [1.165, 1.54) is 0 Å². The van der Waals surface area contributed by atoms with Crippen molar-refractivity contribution in [2.45, 2.75) is 65.5 Å². The van der Waals surface area contributed by atoms with Crippen molar-refractivity contribution in [2.24, 2.45) is 5.92 Å². The van der Waals surface area contributed by atoms with E-state index < -0.39 is 0 Å². The molecule has 1 aliphatic heterocycles. The van der Waals surface area contributed by atoms with Gasteiger partial charge in [-0.2, -0.15) is 0 Å². The van der Waals surface area contributed by atoms with Crippen LogP contribution in [0.3, 0.4) is 0 Å². The van der Waals surface area contributed by atoms with Crippen LogP contribution in [0, 0.1) is 5.92 Å². The second-order valence-electron chi connectivity index (χ2n) is 6.29. The maximum absolute atomic E-state index is 12.3. The van der Waals surface area contributed by atoms with E-state index in [-0.39, 0.29) is 24.4 Å². The van der Waals surface area contributed by atoms with Gasteiger partial charge in [-0.1, -0.05) is 20.8 Å². The van der Waals surface area contributed by atoms with Crippen molar-refractivity contribution in [1.82, 2.24) is 10.2 Å². The summed E-state index contributed by atoms with van der Waals surface area (Å²) in [6, 6.07) is 0.385. The average Bonchev–Trinajstić information content (AvgIpc) is 2.88. The van der Waals surface area contributed by atoms with Crippen LogP contribution in [0.5, 0.6) is 0 Å². The SMILES string of the molecule is CCCN(C(=O)CCOC(C)CC(C)C)C1CCNC1.Cl. The Labute approximate surface area is 136 Å². The van der Waals surface area contributed by atoms with Gasteiger partial charge in [0.2, 0.25) is 5.91 Å². The Hall–Kier alpha value is -0.320. The number of hydrogen-bond acceptors (Lipinski definition) is 3. The van der Waals surface area contributed by atoms with Crippen molar-refractivity contribution in [3.8, 4) is 0 Å². The fourth-order valence-corrected chi connectivity index (χ4v) is 2.88. The van der Waals surface area contributed by atoms with E-state index in [4.69, 9.17) is 4.74 Å². The van der Waals surface area contributed by atoms with Gasteiger partial charge in [0.15, 0.2) is 0 Å². The summed E-state index contributed by atoms with van der Waals surface area (Å²) in [5, 5.41) is 3.34. The summed E-state index contributed by atoms with van der Waals surface area (Å²) >= 11 is 0. The number of nitrogens with one attached hydrogen (secondary N) is 1. The van der Waals surface area contributed by atoms with Gasteiger partial charge in [-0.3, -0.25) is 4.79 Å². The lowest BCUT2D eigenvalue weighted by Crippen LogP contribution is -2.42. The fourth-order valence-electron chi connectivity index (χ4n) is 2.88. The first-order valence-electron chi connectivity index (χ1n) is 8.16. The number of hydrogen-bond donors (Lipinski definition) is 1. The molecule has 5 heteroatoms. The van der Waals surface area contributed by atoms with Crippen molar-refractivity contribution in [3.63, 3.8) is 0 Å². The van der Waals surface area contributed by atoms with E-state index >= 15 is 0 Å². The van der Waals surface area contributed by atoms with Crippen LogP contribution in [0.15, 0.2) is 0 Å². The van der Waals surface area contributed by atoms with Crippen molar-refractivity contribution >= 4 is 18.3 Å². The van der Waals surface area contributed by atoms with Crippen LogP contribution < -0.4 is 5.32 Å². The lowest BCUT2D eigenvalue weighted by molar-refractivity contribution is -0.134. The minimum Gasteiger partial charge on any atom is -0.378 e. The molecule has 1 rings (SSSR count). The number of nitrogens with zero attached hydrogens (tertiary/aromatic N) is 1. The molecule has 1 fully saturated rings. The molecule has 0 saturated carbocycles. The zero-order valence-electron chi connectivity index (χ0n) is 14.1. The van der Waals surface area contributed by atoms with Crippen LogP contribution in [0.4, 0.5) is 0 Å². The second kappa shape index (κ2) is 11.3. The second-order valence-corrected chi connectivity index (χ2v) is 6.29. The van der Waals surface area contributed by atoms with E-state index in [2.05, 4.69) is 37.9 Å². The monoisotopic (exact) mass is 320 g/mol. The van der Waals surface area contributed by atoms with E-state index in [0.29, 0.717) is 25.0 Å². The number of carbonyl (C=O) groups excluding carboxylic acids is 1. The number of carbonyl (C=O) groups is 1. The highest BCUT2D eigenvalue weighted by Gasteiger charge is 2.25. The highest BCUT2D eigenvalue weighted by molar-refractivity contribution is 5.85. The molecule has 0 aliphatic carbocycles. The molecular formula is C16H33ClN2O2. The highest BCUT2D eigenvalue weighted by atomic mass is 35.5. The van der Waals surface area contributed by atoms with Crippen molar-refractivity contribution in [3.05, 3.63) is 0 Å². The molecule has 1 aliphatic rings. The van der Waals surface area contributed by atoms with Gasteiger partial charge in [-0.05, 0) is 38.6 Å². The summed E-state index contributed by atoms with van der Waals surface area (Å²) in [7, 11) is 0. The molecule has 0 bridgehead atoms. The summed E-state index contributed by atoms with van der Waals surface area (Å²) in [5.74, 6) is 0.888. The summed E-state index contributed by atoms with van der Waals surface area (Å²) in [5.41, 5.74) is 0. The lowest BCUT2D eigenvalue weighted by atomic mass is 10.1. The average molecular weight is 321 g/mol. The van der Waals surface area contributed by atoms with Gasteiger partial charge in [0.05, 0.1) is 19.1 Å². The summed E-state index contributed by atoms with van der Waals surface area (Å²) in [6.07, 6.45) is 3.91. The van der Waals surface area contributed by atoms with Crippen LogP contribution in [0.25, 0.3) is 0 Å². The van der Waals surface area contributed by atoms with E-state index in [1.54, 1.807) is 0 Å². The molecule has 2 unspecified atom stereocenters. The quantitative estimate of drug-likeness (QED) is 0.710. The molecule has 0 aromatic carbocycles. The van der Waals surface area contributed by atoms with Gasteiger partial charge < -0.3 is 15.0 Å². The zero-order chi connectivity index (χ0) is 15.0. The molecular weight excluding hydrogens is 288 g/mol. The van der Waals surface area contributed by atoms with Gasteiger partial charge >= 0.3 is 0 Å². The maximum Gasteiger partial charge on any atom is 0.225 e. The van der Waals surface area contributed by atoms with Crippen LogP contribution in [-0.4, -0.2) is 49.2 Å². The minimum absolute atomic E-state index is 0. The molecule has 0 aromatic heterocycles. The topological polar surface area (TPSA) is 41.6 Å². The van der Waals surface area contributed by atoms with Crippen LogP contribution in [-0.2, 0) is 9.53 Å². The van der Waals surface area contributed by atoms with Gasteiger partial charge in [-0.15, -0.1) is 12.4 Å². The summed E-state index contributed by atoms with van der Waals surface area (Å²) in [6.45, 7) is 12.0. The Morgan fingerprint density at radius 3 is 2.62 bits per heavy atom. The standard InChI is InChI=1S/C16H32N2O2.ClH/c1-5-9-18(15-6-8-17-12-15)16(19)7-10-20-14(4)11-13(2)3;/h13-15,17H,5-12H2,1-4H3;1H. The third kappa shape index (κ3) is 8.03. The third-order valence-corrected chi connectivity index (χ3v) is 3.78. The summed E-state index contributed by atoms with van der Waals surface area (Å²) < 4.78 is 5.75. The number of rotatable bonds is 9. The summed E-state index contributed by atoms with van der Waals surface area (Å²) in [4.78, 5) is 14.4. The van der Waals surface area contributed by atoms with Crippen LogP contribution >= 0.6 is 12.4 Å². The van der Waals surface area contributed by atoms with E-state index in [9.17, 15) is 4.79 Å². The molecule has 1 amide bonds. The van der Waals surface area contributed by atoms with Gasteiger partial charge in [0, 0.05) is 19.1 Å². The minimum atomic E-state index is 0. The zero-order valence-corrected chi connectivity index (χ0v) is 14.9. The molecule has 0 spiro atoms. The van der Waals surface area contributed by atoms with Crippen LogP contribution in [0.2, 0.25) is 0 Å². The molecule has 126 valence electrons. The predicted molar refractivity (Wildman–Crippen MR) is 90.0 cm³/mol. The maximum atomic E-state index is 12.3. The molecule has 0 aromatic rings. The third-order valence-electron chi connectivity index (χ3n) is 3.78. The van der Waals surface area contributed by atoms with Crippen LogP contribution in [0.1, 0.15) is 53.4 Å². The van der Waals surface area contributed by atoms with Gasteiger partial charge in [0.1, 0.15) is 0 Å². The first-order valence-corrected chi connectivity index (χ1v) is 8.16. The van der Waals surface area contributed by atoms with Crippen molar-refractivity contribution < 1.29 is 9.53 Å².